The Morgan fingerprint density at radius 3 is 2.26 bits per heavy atom. The maximum absolute atomic E-state index is 13.1. The van der Waals surface area contributed by atoms with E-state index in [-0.39, 0.29) is 29.2 Å². The zero-order valence-electron chi connectivity index (χ0n) is 25.6. The lowest BCUT2D eigenvalue weighted by molar-refractivity contribution is 0.0990. The van der Waals surface area contributed by atoms with Gasteiger partial charge >= 0.3 is 0 Å². The molecule has 4 rings (SSSR count). The standard InChI is InChI=1S/C29H42N6O6Si/c1-34-15-17-35(18-16-34)14-8-13-30-29-32-27(38-3)25(28(33-29)39-4)31-26(36)22-11-12-24(40-22)41-23-19-20(42(5,6)7)9-10-21(23)37-2/h9-12,19H,8,13-18H2,1-7H3,(H,31,36)(H,30,32,33). The lowest BCUT2D eigenvalue weighted by Crippen LogP contribution is -2.44. The number of hydrogen-bond donors (Lipinski definition) is 2. The molecule has 13 heteroatoms. The van der Waals surface area contributed by atoms with E-state index >= 15 is 0 Å². The number of hydrogen-bond acceptors (Lipinski definition) is 11. The molecule has 1 fully saturated rings. The Balaban J connectivity index is 1.41. The first kappa shape index (κ1) is 31.1. The van der Waals surface area contributed by atoms with E-state index in [2.05, 4.69) is 63.2 Å². The van der Waals surface area contributed by atoms with E-state index in [4.69, 9.17) is 23.4 Å². The van der Waals surface area contributed by atoms with Crippen LogP contribution in [0.2, 0.25) is 19.6 Å². The number of carbonyl (C=O) groups is 1. The van der Waals surface area contributed by atoms with Crippen LogP contribution in [0.4, 0.5) is 11.6 Å². The number of ether oxygens (including phenoxy) is 4. The molecule has 0 radical (unpaired) electrons. The first-order chi connectivity index (χ1) is 20.1. The van der Waals surface area contributed by atoms with Gasteiger partial charge in [-0.1, -0.05) is 30.9 Å². The Labute approximate surface area is 248 Å². The summed E-state index contributed by atoms with van der Waals surface area (Å²) >= 11 is 0. The van der Waals surface area contributed by atoms with E-state index in [1.807, 2.05) is 12.1 Å². The van der Waals surface area contributed by atoms with Crippen molar-refractivity contribution in [1.82, 2.24) is 19.8 Å². The number of nitrogens with zero attached hydrogens (tertiary/aromatic N) is 4. The van der Waals surface area contributed by atoms with Crippen molar-refractivity contribution in [2.45, 2.75) is 26.1 Å². The highest BCUT2D eigenvalue weighted by atomic mass is 28.3. The van der Waals surface area contributed by atoms with Gasteiger partial charge < -0.3 is 43.8 Å². The molecule has 1 amide bonds. The molecule has 3 heterocycles. The normalized spacial score (nSPS) is 14.4. The molecule has 0 aliphatic carbocycles. The smallest absolute Gasteiger partial charge is 0.291 e. The minimum atomic E-state index is -1.59. The minimum Gasteiger partial charge on any atom is -0.493 e. The van der Waals surface area contributed by atoms with Crippen molar-refractivity contribution in [2.75, 3.05) is 78.3 Å². The van der Waals surface area contributed by atoms with Crippen LogP contribution in [0.25, 0.3) is 0 Å². The molecule has 12 nitrogen and oxygen atoms in total. The quantitative estimate of drug-likeness (QED) is 0.221. The van der Waals surface area contributed by atoms with Crippen LogP contribution >= 0.6 is 0 Å². The molecule has 2 aromatic heterocycles. The maximum Gasteiger partial charge on any atom is 0.291 e. The number of furan rings is 1. The third-order valence-corrected chi connectivity index (χ3v) is 9.09. The summed E-state index contributed by atoms with van der Waals surface area (Å²) < 4.78 is 28.1. The molecule has 0 spiro atoms. The zero-order valence-corrected chi connectivity index (χ0v) is 26.6. The largest absolute Gasteiger partial charge is 0.493 e. The predicted octanol–water partition coefficient (Wildman–Crippen LogP) is 3.73. The second-order valence-electron chi connectivity index (χ2n) is 11.2. The highest BCUT2D eigenvalue weighted by Crippen LogP contribution is 2.35. The van der Waals surface area contributed by atoms with E-state index in [9.17, 15) is 4.79 Å². The van der Waals surface area contributed by atoms with E-state index in [1.165, 1.54) is 25.5 Å². The van der Waals surface area contributed by atoms with Crippen LogP contribution in [0.5, 0.6) is 29.2 Å². The van der Waals surface area contributed by atoms with Gasteiger partial charge in [0.2, 0.25) is 17.7 Å². The van der Waals surface area contributed by atoms with Crippen LogP contribution in [-0.4, -0.2) is 101 Å². The lowest BCUT2D eigenvalue weighted by Gasteiger charge is -2.32. The number of amides is 1. The molecule has 2 N–H and O–H groups in total. The Kier molecular flexibility index (Phi) is 10.3. The van der Waals surface area contributed by atoms with Crippen LogP contribution < -0.4 is 34.8 Å². The summed E-state index contributed by atoms with van der Waals surface area (Å²) in [7, 11) is 5.07. The lowest BCUT2D eigenvalue weighted by atomic mass is 10.3. The van der Waals surface area contributed by atoms with Gasteiger partial charge in [-0.25, -0.2) is 0 Å². The molecule has 0 unspecified atom stereocenters. The number of rotatable bonds is 13. The topological polar surface area (TPSA) is 123 Å². The fourth-order valence-corrected chi connectivity index (χ4v) is 5.63. The second kappa shape index (κ2) is 13.9. The zero-order chi connectivity index (χ0) is 30.3. The SMILES string of the molecule is COc1ccc([Si](C)(C)C)cc1Oc1ccc(C(=O)Nc2c(OC)nc(NCCCN3CCN(C)CC3)nc2OC)o1. The van der Waals surface area contributed by atoms with Crippen molar-refractivity contribution in [1.29, 1.82) is 0 Å². The Hall–Kier alpha value is -3.81. The predicted molar refractivity (Wildman–Crippen MR) is 165 cm³/mol. The highest BCUT2D eigenvalue weighted by molar-refractivity contribution is 6.88. The van der Waals surface area contributed by atoms with Crippen molar-refractivity contribution < 1.29 is 28.2 Å². The van der Waals surface area contributed by atoms with E-state index in [1.54, 1.807) is 13.2 Å². The van der Waals surface area contributed by atoms with Crippen LogP contribution in [-0.2, 0) is 0 Å². The van der Waals surface area contributed by atoms with Crippen molar-refractivity contribution in [2.24, 2.45) is 0 Å². The number of methoxy groups -OCH3 is 3. The molecule has 0 bridgehead atoms. The molecular formula is C29H42N6O6Si. The van der Waals surface area contributed by atoms with Crippen LogP contribution in [0.15, 0.2) is 34.7 Å². The minimum absolute atomic E-state index is 0.0283. The van der Waals surface area contributed by atoms with Crippen LogP contribution in [0.1, 0.15) is 17.0 Å². The van der Waals surface area contributed by atoms with E-state index < -0.39 is 14.0 Å². The molecule has 1 saturated heterocycles. The molecule has 3 aromatic rings. The fourth-order valence-electron chi connectivity index (χ4n) is 4.48. The van der Waals surface area contributed by atoms with E-state index in [0.717, 1.165) is 39.1 Å². The Morgan fingerprint density at radius 1 is 0.952 bits per heavy atom. The average molecular weight is 599 g/mol. The maximum atomic E-state index is 13.1. The Bertz CT molecular complexity index is 1330. The number of benzene rings is 1. The van der Waals surface area contributed by atoms with E-state index in [0.29, 0.717) is 24.0 Å². The average Bonchev–Trinajstić information content (AvgIpc) is 3.44. The molecule has 228 valence electrons. The van der Waals surface area contributed by atoms with Crippen LogP contribution in [0.3, 0.4) is 0 Å². The molecule has 0 atom stereocenters. The third kappa shape index (κ3) is 7.93. The molecule has 1 aliphatic heterocycles. The number of piperazine rings is 1. The van der Waals surface area contributed by atoms with Gasteiger partial charge in [-0.2, -0.15) is 9.97 Å². The van der Waals surface area contributed by atoms with Crippen molar-refractivity contribution in [3.63, 3.8) is 0 Å². The first-order valence-electron chi connectivity index (χ1n) is 14.0. The summed E-state index contributed by atoms with van der Waals surface area (Å²) in [5, 5.41) is 7.18. The molecular weight excluding hydrogens is 556 g/mol. The summed E-state index contributed by atoms with van der Waals surface area (Å²) in [5.74, 6) is 1.39. The number of carbonyl (C=O) groups excluding carboxylic acids is 1. The van der Waals surface area contributed by atoms with Gasteiger partial charge in [-0.3, -0.25) is 4.79 Å². The molecule has 1 aromatic carbocycles. The van der Waals surface area contributed by atoms with Crippen molar-refractivity contribution in [3.05, 3.63) is 36.1 Å². The molecule has 0 saturated carbocycles. The first-order valence-corrected chi connectivity index (χ1v) is 17.5. The van der Waals surface area contributed by atoms with Crippen molar-refractivity contribution in [3.8, 4) is 29.2 Å². The monoisotopic (exact) mass is 598 g/mol. The summed E-state index contributed by atoms with van der Waals surface area (Å²) in [6.45, 7) is 12.8. The van der Waals surface area contributed by atoms with Gasteiger partial charge in [0.15, 0.2) is 22.9 Å². The third-order valence-electron chi connectivity index (χ3n) is 7.04. The number of nitrogens with one attached hydrogen (secondary N) is 2. The van der Waals surface area contributed by atoms with Crippen molar-refractivity contribution >= 4 is 30.8 Å². The molecule has 42 heavy (non-hydrogen) atoms. The number of aromatic nitrogens is 2. The van der Waals surface area contributed by atoms with Gasteiger partial charge in [-0.15, -0.1) is 0 Å². The van der Waals surface area contributed by atoms with Gasteiger partial charge in [0.05, 0.1) is 29.4 Å². The molecule has 1 aliphatic rings. The highest BCUT2D eigenvalue weighted by Gasteiger charge is 2.23. The fraction of sp³-hybridized carbons (Fsp3) is 0.483. The van der Waals surface area contributed by atoms with Crippen LogP contribution in [0, 0.1) is 0 Å². The van der Waals surface area contributed by atoms with Gasteiger partial charge in [-0.05, 0) is 38.2 Å². The van der Waals surface area contributed by atoms with Gasteiger partial charge in [0, 0.05) is 38.8 Å². The van der Waals surface area contributed by atoms with Gasteiger partial charge in [0.1, 0.15) is 0 Å². The second-order valence-corrected chi connectivity index (χ2v) is 16.2. The Morgan fingerprint density at radius 2 is 1.64 bits per heavy atom. The van der Waals surface area contributed by atoms with Gasteiger partial charge in [0.25, 0.3) is 11.9 Å². The number of anilines is 2. The summed E-state index contributed by atoms with van der Waals surface area (Å²) in [5.41, 5.74) is 0.191. The number of likely N-dealkylation sites (N-methyl/N-ethyl adjacent to an activating group) is 1. The summed E-state index contributed by atoms with van der Waals surface area (Å²) in [4.78, 5) is 26.8. The summed E-state index contributed by atoms with van der Waals surface area (Å²) in [6, 6.07) is 9.00. The summed E-state index contributed by atoms with van der Waals surface area (Å²) in [6.07, 6.45) is 0.938.